The number of nitrogens with zero attached hydrogens (tertiary/aromatic N) is 8. The molecule has 37 heteroatoms. The zero-order chi connectivity index (χ0) is 84.1. The summed E-state index contributed by atoms with van der Waals surface area (Å²) in [6.07, 6.45) is 13.1. The van der Waals surface area contributed by atoms with E-state index in [9.17, 15) is 36.0 Å². The van der Waals surface area contributed by atoms with Gasteiger partial charge in [-0.25, -0.2) is 80.6 Å². The Morgan fingerprint density at radius 2 is 0.487 bits per heavy atom. The first-order chi connectivity index (χ1) is 56.0. The Hall–Kier alpha value is -13.4. The summed E-state index contributed by atoms with van der Waals surface area (Å²) in [5, 5.41) is 26.4. The highest BCUT2D eigenvalue weighted by Gasteiger charge is 2.19. The number of urea groups is 1. The van der Waals surface area contributed by atoms with Gasteiger partial charge in [-0.1, -0.05) is 24.3 Å². The lowest BCUT2D eigenvalue weighted by atomic mass is 10.1. The third kappa shape index (κ3) is 26.3. The number of aromatic nitrogens is 8. The van der Waals surface area contributed by atoms with Gasteiger partial charge in [0.1, 0.15) is 0 Å². The van der Waals surface area contributed by atoms with Crippen LogP contribution in [0.1, 0.15) is 81.0 Å². The van der Waals surface area contributed by atoms with Crippen molar-refractivity contribution in [2.24, 2.45) is 0 Å². The first kappa shape index (κ1) is 87.6. The van der Waals surface area contributed by atoms with Crippen LogP contribution in [-0.4, -0.2) is 107 Å². The highest BCUT2D eigenvalue weighted by molar-refractivity contribution is 7.88. The highest BCUT2D eigenvalue weighted by atomic mass is 32.2. The molecule has 12 rings (SSSR count). The Balaban J connectivity index is 0.000000178. The molecule has 0 saturated heterocycles. The van der Waals surface area contributed by atoms with E-state index < -0.39 is 46.1 Å². The summed E-state index contributed by atoms with van der Waals surface area (Å²) in [4.78, 5) is 84.0. The van der Waals surface area contributed by atoms with Gasteiger partial charge in [-0.2, -0.15) is 0 Å². The average molecular weight is 1660 g/mol. The molecular weight excluding hydrogens is 1580 g/mol. The molecule has 0 radical (unpaired) electrons. The predicted octanol–water partition coefficient (Wildman–Crippen LogP) is 16.9. The molecule has 0 fully saturated rings. The molecule has 8 aromatic carbocycles. The zero-order valence-electron chi connectivity index (χ0n) is 64.5. The van der Waals surface area contributed by atoms with Crippen LogP contribution >= 0.6 is 0 Å². The van der Waals surface area contributed by atoms with E-state index in [2.05, 4.69) is 87.7 Å². The lowest BCUT2D eigenvalue weighted by molar-refractivity contribution is 0.101. The molecule has 4 heterocycles. The van der Waals surface area contributed by atoms with Gasteiger partial charge in [-0.15, -0.1) is 0 Å². The van der Waals surface area contributed by atoms with Crippen LogP contribution in [0.2, 0.25) is 0 Å². The van der Waals surface area contributed by atoms with Crippen LogP contribution in [-0.2, 0) is 56.8 Å². The van der Waals surface area contributed by atoms with E-state index >= 15 is 0 Å². The van der Waals surface area contributed by atoms with E-state index in [0.717, 1.165) is 45.0 Å². The SMILES string of the molecule is CCOS(=N)(=O)c1ccc(C(=O)Nc2ccc(C)c(Nc3ncccn3)c2)cc1.CCOS(=N)(=O)c1ccc(C(=O)Nc2ccc(C)c(Nc3ncccn3)c2)cc1.CCOS(=N)(=O)c1ccc(C(=O)Nc2ccc(C)c(Nc3ncccn3)c2)cc1.CCOS(=N)(=O)c1ccc(NC(=O)Nc2ccc(C)c(Nc3ncccn3)c2)cc1. The van der Waals surface area contributed by atoms with Gasteiger partial charge in [-0.3, -0.25) is 31.1 Å². The summed E-state index contributed by atoms with van der Waals surface area (Å²) in [6, 6.07) is 52.3. The number of amides is 5. The summed E-state index contributed by atoms with van der Waals surface area (Å²) in [7, 11) is -13.2. The fourth-order valence-electron chi connectivity index (χ4n) is 10.2. The molecule has 12 aromatic rings. The number of hydrogen-bond donors (Lipinski definition) is 13. The Kier molecular flexibility index (Phi) is 31.1. The number of carbonyl (C=O) groups is 4. The molecule has 4 aromatic heterocycles. The summed E-state index contributed by atoms with van der Waals surface area (Å²) in [5.74, 6) is 0.870. The second-order valence-corrected chi connectivity index (χ2v) is 31.4. The van der Waals surface area contributed by atoms with Gasteiger partial charge in [-0.05, 0) is 248 Å². The second kappa shape index (κ2) is 41.6. The smallest absolute Gasteiger partial charge is 0.323 e. The molecule has 33 nitrogen and oxygen atoms in total. The van der Waals surface area contributed by atoms with Crippen LogP contribution < -0.4 is 47.9 Å². The molecule has 13 N–H and O–H groups in total. The first-order valence-electron chi connectivity index (χ1n) is 35.8. The number of hydrogen-bond acceptors (Lipinski definition) is 28. The number of rotatable bonds is 28. The molecule has 0 aliphatic rings. The summed E-state index contributed by atoms with van der Waals surface area (Å²) in [6.45, 7) is 15.1. The summed E-state index contributed by atoms with van der Waals surface area (Å²) < 4.78 is 99.2. The molecule has 0 aliphatic heterocycles. The monoisotopic (exact) mass is 1660 g/mol. The van der Waals surface area contributed by atoms with E-state index in [4.69, 9.17) is 35.9 Å². The van der Waals surface area contributed by atoms with Crippen LogP contribution in [0.4, 0.5) is 79.8 Å². The second-order valence-electron chi connectivity index (χ2n) is 24.6. The van der Waals surface area contributed by atoms with Crippen molar-refractivity contribution >= 4 is 139 Å². The zero-order valence-corrected chi connectivity index (χ0v) is 67.8. The molecule has 606 valence electrons. The number of nitrogens with one attached hydrogen (secondary N) is 13. The van der Waals surface area contributed by atoms with E-state index in [-0.39, 0.29) is 63.7 Å². The van der Waals surface area contributed by atoms with Gasteiger partial charge in [0.05, 0.1) is 46.0 Å². The van der Waals surface area contributed by atoms with Gasteiger partial charge < -0.3 is 47.9 Å². The minimum absolute atomic E-state index is 0.169. The van der Waals surface area contributed by atoms with Crippen LogP contribution in [0, 0.1) is 46.8 Å². The number of anilines is 13. The van der Waals surface area contributed by atoms with E-state index in [1.165, 1.54) is 84.9 Å². The fourth-order valence-corrected chi connectivity index (χ4v) is 14.0. The van der Waals surface area contributed by atoms with Crippen LogP contribution in [0.25, 0.3) is 0 Å². The molecule has 4 unspecified atom stereocenters. The van der Waals surface area contributed by atoms with E-state index in [0.29, 0.717) is 68.9 Å². The van der Waals surface area contributed by atoms with Crippen molar-refractivity contribution in [2.75, 3.05) is 74.3 Å². The molecule has 0 spiro atoms. The van der Waals surface area contributed by atoms with Gasteiger partial charge in [0.25, 0.3) is 17.7 Å². The van der Waals surface area contributed by atoms with Crippen LogP contribution in [0.15, 0.2) is 263 Å². The van der Waals surface area contributed by atoms with Crippen molar-refractivity contribution in [2.45, 2.75) is 75.0 Å². The van der Waals surface area contributed by atoms with Gasteiger partial charge in [0, 0.05) is 117 Å². The largest absolute Gasteiger partial charge is 0.324 e. The maximum absolute atomic E-state index is 12.5. The Bertz CT molecular complexity index is 5440. The first-order valence-corrected chi connectivity index (χ1v) is 41.7. The lowest BCUT2D eigenvalue weighted by Crippen LogP contribution is -2.19. The molecule has 5 amide bonds. The van der Waals surface area contributed by atoms with Crippen molar-refractivity contribution in [1.29, 1.82) is 19.1 Å². The maximum Gasteiger partial charge on any atom is 0.323 e. The maximum atomic E-state index is 12.5. The third-order valence-electron chi connectivity index (χ3n) is 16.1. The quantitative estimate of drug-likeness (QED) is 0.0217. The molecule has 0 saturated carbocycles. The Morgan fingerprint density at radius 1 is 0.291 bits per heavy atom. The Morgan fingerprint density at radius 3 is 0.709 bits per heavy atom. The standard InChI is InChI=1S/C20H22N6O3S.3C20H21N5O3S/c1-3-29-30(21,28)17-9-7-15(8-10-17)24-20(27)25-16-6-5-14(2)18(13-16)26-19-22-11-4-12-23-19;3*1-3-28-29(21,27)17-9-6-15(7-10-17)19(26)24-16-8-5-14(2)18(13-16)25-20-22-11-4-12-23-20/h4-13,21H,3H2,1-2H3,(H,22,23,26)(H2,24,25,27);3*4-13,21H,3H2,1-2H3,(H,24,26)(H,22,23,25). The molecular formula is C80H85N21O12S4. The molecule has 0 aliphatic carbocycles. The van der Waals surface area contributed by atoms with Gasteiger partial charge in [0.15, 0.2) is 40.0 Å². The predicted molar refractivity (Wildman–Crippen MR) is 451 cm³/mol. The van der Waals surface area contributed by atoms with Gasteiger partial charge in [0.2, 0.25) is 23.8 Å². The van der Waals surface area contributed by atoms with Crippen LogP contribution in [0.3, 0.4) is 0 Å². The van der Waals surface area contributed by atoms with Crippen molar-refractivity contribution in [3.05, 3.63) is 283 Å². The average Bonchev–Trinajstić information content (AvgIpc) is 0.838. The van der Waals surface area contributed by atoms with E-state index in [1.54, 1.807) is 162 Å². The Labute approximate surface area is 678 Å². The van der Waals surface area contributed by atoms with Crippen molar-refractivity contribution in [3.8, 4) is 0 Å². The number of carbonyl (C=O) groups excluding carboxylic acids is 4. The molecule has 117 heavy (non-hydrogen) atoms. The number of benzene rings is 8. The highest BCUT2D eigenvalue weighted by Crippen LogP contribution is 2.29. The van der Waals surface area contributed by atoms with Gasteiger partial charge >= 0.3 is 6.03 Å². The summed E-state index contributed by atoms with van der Waals surface area (Å²) >= 11 is 0. The van der Waals surface area contributed by atoms with Crippen molar-refractivity contribution in [3.63, 3.8) is 0 Å². The molecule has 4 atom stereocenters. The van der Waals surface area contributed by atoms with Crippen molar-refractivity contribution in [1.82, 2.24) is 39.9 Å². The van der Waals surface area contributed by atoms with Crippen LogP contribution in [0.5, 0.6) is 0 Å². The minimum Gasteiger partial charge on any atom is -0.324 e. The van der Waals surface area contributed by atoms with Crippen molar-refractivity contribution < 1.29 is 52.7 Å². The minimum atomic E-state index is -3.30. The lowest BCUT2D eigenvalue weighted by Gasteiger charge is -2.12. The normalized spacial score (nSPS) is 12.7. The summed E-state index contributed by atoms with van der Waals surface area (Å²) in [5.41, 5.74) is 11.0. The fraction of sp³-hybridized carbons (Fsp3) is 0.150. The molecule has 0 bridgehead atoms. The number of aryl methyl sites for hydroxylation is 4. The topological polar surface area (TPSA) is 480 Å². The third-order valence-corrected chi connectivity index (χ3v) is 21.9. The van der Waals surface area contributed by atoms with E-state index in [1.807, 2.05) is 52.0 Å².